The minimum Gasteiger partial charge on any atom is -0.475 e. The van der Waals surface area contributed by atoms with E-state index in [1.807, 2.05) is 12.3 Å². The van der Waals surface area contributed by atoms with Gasteiger partial charge in [-0.3, -0.25) is 5.10 Å². The van der Waals surface area contributed by atoms with Crippen LogP contribution in [0.4, 0.5) is 0 Å². The van der Waals surface area contributed by atoms with Gasteiger partial charge in [-0.05, 0) is 6.92 Å². The molecule has 1 aromatic carbocycles. The van der Waals surface area contributed by atoms with E-state index in [9.17, 15) is 0 Å². The van der Waals surface area contributed by atoms with Gasteiger partial charge in [-0.1, -0.05) is 23.2 Å². The van der Waals surface area contributed by atoms with Gasteiger partial charge in [0.1, 0.15) is 11.8 Å². The molecule has 0 unspecified atom stereocenters. The highest BCUT2D eigenvalue weighted by Gasteiger charge is 2.18. The third-order valence-corrected chi connectivity index (χ3v) is 3.90. The lowest BCUT2D eigenvalue weighted by Gasteiger charge is -2.12. The summed E-state index contributed by atoms with van der Waals surface area (Å²) in [5, 5.41) is 17.2. The van der Waals surface area contributed by atoms with Gasteiger partial charge in [0.15, 0.2) is 6.10 Å². The third kappa shape index (κ3) is 2.33. The summed E-state index contributed by atoms with van der Waals surface area (Å²) in [5.74, 6) is 0.505. The van der Waals surface area contributed by atoms with Gasteiger partial charge in [-0.2, -0.15) is 10.4 Å². The van der Waals surface area contributed by atoms with Crippen LogP contribution in [0.2, 0.25) is 10.0 Å². The molecule has 7 heteroatoms. The number of nitrogens with zero attached hydrogens (tertiary/aromatic N) is 2. The molecule has 0 aliphatic carbocycles. The fourth-order valence-electron chi connectivity index (χ4n) is 2.16. The molecule has 0 radical (unpaired) electrons. The van der Waals surface area contributed by atoms with Crippen molar-refractivity contribution in [3.63, 3.8) is 0 Å². The van der Waals surface area contributed by atoms with Gasteiger partial charge in [0.25, 0.3) is 0 Å². The number of benzene rings is 1. The summed E-state index contributed by atoms with van der Waals surface area (Å²) in [4.78, 5) is 3.10. The van der Waals surface area contributed by atoms with Crippen molar-refractivity contribution in [2.75, 3.05) is 0 Å². The van der Waals surface area contributed by atoms with E-state index in [1.54, 1.807) is 25.4 Å². The molecule has 106 valence electrons. The van der Waals surface area contributed by atoms with Crippen molar-refractivity contribution in [3.05, 3.63) is 34.7 Å². The number of nitriles is 1. The number of aromatic nitrogens is 3. The quantitative estimate of drug-likeness (QED) is 0.760. The van der Waals surface area contributed by atoms with Crippen LogP contribution in [-0.2, 0) is 0 Å². The third-order valence-electron chi connectivity index (χ3n) is 3.11. The Morgan fingerprint density at radius 2 is 2.19 bits per heavy atom. The number of halogens is 2. The Hall–Kier alpha value is -2.16. The van der Waals surface area contributed by atoms with E-state index < -0.39 is 6.10 Å². The highest BCUT2D eigenvalue weighted by Crippen LogP contribution is 2.42. The molecule has 3 rings (SSSR count). The number of nitrogens with one attached hydrogen (secondary N) is 2. The predicted molar refractivity (Wildman–Crippen MR) is 81.6 cm³/mol. The molecule has 0 spiro atoms. The molecule has 5 nitrogen and oxygen atoms in total. The maximum atomic E-state index is 8.94. The summed E-state index contributed by atoms with van der Waals surface area (Å²) in [5.41, 5.74) is 2.42. The molecule has 0 aliphatic rings. The lowest BCUT2D eigenvalue weighted by atomic mass is 10.1. The number of hydrogen-bond donors (Lipinski definition) is 2. The Bertz CT molecular complexity index is 833. The van der Waals surface area contributed by atoms with E-state index in [4.69, 9.17) is 33.2 Å². The molecule has 3 aromatic rings. The molecule has 2 heterocycles. The van der Waals surface area contributed by atoms with Gasteiger partial charge in [0.05, 0.1) is 27.1 Å². The van der Waals surface area contributed by atoms with Crippen LogP contribution in [-0.4, -0.2) is 21.3 Å². The molecule has 1 atom stereocenters. The molecule has 0 amide bonds. The fourth-order valence-corrected chi connectivity index (χ4v) is 2.56. The van der Waals surface area contributed by atoms with Gasteiger partial charge < -0.3 is 9.72 Å². The normalized spacial score (nSPS) is 12.3. The molecule has 2 N–H and O–H groups in total. The number of hydrogen-bond acceptors (Lipinski definition) is 3. The number of aromatic amines is 2. The Morgan fingerprint density at radius 1 is 1.38 bits per heavy atom. The second kappa shape index (κ2) is 5.32. The molecule has 2 aromatic heterocycles. The zero-order valence-electron chi connectivity index (χ0n) is 10.9. The topological polar surface area (TPSA) is 77.5 Å². The van der Waals surface area contributed by atoms with E-state index in [0.717, 1.165) is 16.5 Å². The molecule has 0 fully saturated rings. The lowest BCUT2D eigenvalue weighted by Crippen LogP contribution is -2.08. The van der Waals surface area contributed by atoms with Crippen molar-refractivity contribution in [1.82, 2.24) is 15.2 Å². The zero-order chi connectivity index (χ0) is 15.0. The molecule has 21 heavy (non-hydrogen) atoms. The smallest absolute Gasteiger partial charge is 0.181 e. The fraction of sp³-hybridized carbons (Fsp3) is 0.143. The van der Waals surface area contributed by atoms with Crippen LogP contribution in [0.3, 0.4) is 0 Å². The minimum absolute atomic E-state index is 0.366. The summed E-state index contributed by atoms with van der Waals surface area (Å²) in [6.45, 7) is 1.67. The van der Waals surface area contributed by atoms with Crippen molar-refractivity contribution < 1.29 is 4.74 Å². The largest absolute Gasteiger partial charge is 0.475 e. The van der Waals surface area contributed by atoms with E-state index in [2.05, 4.69) is 15.2 Å². The Labute approximate surface area is 130 Å². The summed E-state index contributed by atoms with van der Waals surface area (Å²) in [6.07, 6.45) is 4.67. The summed E-state index contributed by atoms with van der Waals surface area (Å²) < 4.78 is 5.65. The SMILES string of the molecule is C[C@H](C#N)Oc1cc(Cl)c(Cl)c2[nH]cc(-c3cn[nH]c3)c12. The second-order valence-electron chi connectivity index (χ2n) is 4.50. The van der Waals surface area contributed by atoms with Gasteiger partial charge in [0.2, 0.25) is 0 Å². The van der Waals surface area contributed by atoms with Crippen LogP contribution < -0.4 is 4.74 Å². The average molecular weight is 321 g/mol. The van der Waals surface area contributed by atoms with Crippen molar-refractivity contribution in [3.8, 4) is 22.9 Å². The molecular weight excluding hydrogens is 311 g/mol. The van der Waals surface area contributed by atoms with Crippen LogP contribution in [0.25, 0.3) is 22.0 Å². The van der Waals surface area contributed by atoms with Gasteiger partial charge in [-0.15, -0.1) is 0 Å². The van der Waals surface area contributed by atoms with Crippen LogP contribution in [0.15, 0.2) is 24.7 Å². The van der Waals surface area contributed by atoms with E-state index in [1.165, 1.54) is 0 Å². The summed E-state index contributed by atoms with van der Waals surface area (Å²) in [6, 6.07) is 3.65. The van der Waals surface area contributed by atoms with Crippen LogP contribution in [0, 0.1) is 11.3 Å². The Kier molecular flexibility index (Phi) is 3.50. The highest BCUT2D eigenvalue weighted by atomic mass is 35.5. The zero-order valence-corrected chi connectivity index (χ0v) is 12.5. The predicted octanol–water partition coefficient (Wildman–Crippen LogP) is 4.16. The van der Waals surface area contributed by atoms with Crippen molar-refractivity contribution in [2.24, 2.45) is 0 Å². The van der Waals surface area contributed by atoms with Crippen LogP contribution in [0.5, 0.6) is 5.75 Å². The Morgan fingerprint density at radius 3 is 2.86 bits per heavy atom. The van der Waals surface area contributed by atoms with E-state index in [-0.39, 0.29) is 0 Å². The minimum atomic E-state index is -0.599. The van der Waals surface area contributed by atoms with Crippen molar-refractivity contribution >= 4 is 34.1 Å². The van der Waals surface area contributed by atoms with Gasteiger partial charge in [0, 0.05) is 29.6 Å². The number of ether oxygens (including phenoxy) is 1. The second-order valence-corrected chi connectivity index (χ2v) is 5.28. The summed E-state index contributed by atoms with van der Waals surface area (Å²) in [7, 11) is 0. The Balaban J connectivity index is 2.28. The van der Waals surface area contributed by atoms with E-state index in [0.29, 0.717) is 21.3 Å². The molecule has 0 saturated heterocycles. The molecular formula is C14H10Cl2N4O. The first-order valence-corrected chi connectivity index (χ1v) is 6.92. The monoisotopic (exact) mass is 320 g/mol. The lowest BCUT2D eigenvalue weighted by molar-refractivity contribution is 0.280. The number of fused-ring (bicyclic) bond motifs is 1. The van der Waals surface area contributed by atoms with Gasteiger partial charge in [-0.25, -0.2) is 0 Å². The van der Waals surface area contributed by atoms with Crippen LogP contribution in [0.1, 0.15) is 6.92 Å². The van der Waals surface area contributed by atoms with Gasteiger partial charge >= 0.3 is 0 Å². The average Bonchev–Trinajstić information content (AvgIpc) is 3.12. The van der Waals surface area contributed by atoms with Crippen molar-refractivity contribution in [2.45, 2.75) is 13.0 Å². The van der Waals surface area contributed by atoms with Crippen LogP contribution >= 0.6 is 23.2 Å². The van der Waals surface area contributed by atoms with Crippen molar-refractivity contribution in [1.29, 1.82) is 5.26 Å². The first kappa shape index (κ1) is 13.8. The number of H-pyrrole nitrogens is 2. The summed E-state index contributed by atoms with van der Waals surface area (Å²) >= 11 is 12.4. The maximum Gasteiger partial charge on any atom is 0.181 e. The first-order valence-electron chi connectivity index (χ1n) is 6.16. The molecule has 0 saturated carbocycles. The highest BCUT2D eigenvalue weighted by molar-refractivity contribution is 6.45. The standard InChI is InChI=1S/C14H10Cl2N4O/c1-7(3-17)21-11-2-10(15)13(16)14-12(11)9(6-18-14)8-4-19-20-5-8/h2,4-7,18H,1H3,(H,19,20)/t7-/m1/s1. The molecule has 0 aliphatic heterocycles. The molecule has 0 bridgehead atoms. The first-order chi connectivity index (χ1) is 10.1. The maximum absolute atomic E-state index is 8.94. The number of rotatable bonds is 3. The van der Waals surface area contributed by atoms with E-state index >= 15 is 0 Å².